The predicted octanol–water partition coefficient (Wildman–Crippen LogP) is 5.56. The SMILES string of the molecule is CCCC(C)N(C)C(=O)OCc1c(-c2ccc(OC3CCCCC3)cc2)cnn1C. The number of carbonyl (C=O) groups excluding carboxylic acids is 1. The molecule has 0 spiro atoms. The number of aromatic nitrogens is 2. The van der Waals surface area contributed by atoms with Crippen molar-refractivity contribution in [3.8, 4) is 16.9 Å². The van der Waals surface area contributed by atoms with E-state index in [2.05, 4.69) is 24.2 Å². The maximum atomic E-state index is 12.4. The molecule has 0 bridgehead atoms. The van der Waals surface area contributed by atoms with E-state index in [0.29, 0.717) is 6.10 Å². The second-order valence-electron chi connectivity index (χ2n) is 8.33. The molecule has 0 N–H and O–H groups in total. The molecule has 3 rings (SSSR count). The highest BCUT2D eigenvalue weighted by atomic mass is 16.6. The number of amides is 1. The first kappa shape index (κ1) is 22.2. The third-order valence-corrected chi connectivity index (χ3v) is 6.07. The van der Waals surface area contributed by atoms with Crippen molar-refractivity contribution in [2.75, 3.05) is 7.05 Å². The molecular formula is C24H35N3O3. The van der Waals surface area contributed by atoms with Gasteiger partial charge in [-0.2, -0.15) is 5.10 Å². The van der Waals surface area contributed by atoms with Crippen molar-refractivity contribution in [1.82, 2.24) is 14.7 Å². The molecule has 1 aliphatic carbocycles. The summed E-state index contributed by atoms with van der Waals surface area (Å²) in [5.74, 6) is 0.911. The van der Waals surface area contributed by atoms with E-state index >= 15 is 0 Å². The van der Waals surface area contributed by atoms with Crippen LogP contribution in [0.15, 0.2) is 30.5 Å². The molecule has 1 heterocycles. The summed E-state index contributed by atoms with van der Waals surface area (Å²) in [6, 6.07) is 8.30. The van der Waals surface area contributed by atoms with E-state index in [4.69, 9.17) is 9.47 Å². The van der Waals surface area contributed by atoms with E-state index in [0.717, 1.165) is 48.3 Å². The van der Waals surface area contributed by atoms with Crippen molar-refractivity contribution in [2.24, 2.45) is 7.05 Å². The highest BCUT2D eigenvalue weighted by Gasteiger charge is 2.19. The lowest BCUT2D eigenvalue weighted by Crippen LogP contribution is -2.35. The number of ether oxygens (including phenoxy) is 2. The van der Waals surface area contributed by atoms with Crippen molar-refractivity contribution < 1.29 is 14.3 Å². The zero-order valence-corrected chi connectivity index (χ0v) is 18.8. The van der Waals surface area contributed by atoms with E-state index in [1.165, 1.54) is 19.3 Å². The Balaban J connectivity index is 1.64. The molecule has 1 saturated carbocycles. The van der Waals surface area contributed by atoms with Crippen molar-refractivity contribution in [3.05, 3.63) is 36.2 Å². The molecule has 1 atom stereocenters. The predicted molar refractivity (Wildman–Crippen MR) is 118 cm³/mol. The van der Waals surface area contributed by atoms with Crippen LogP contribution >= 0.6 is 0 Å². The van der Waals surface area contributed by atoms with Crippen LogP contribution in [-0.4, -0.2) is 40.0 Å². The zero-order valence-electron chi connectivity index (χ0n) is 18.8. The second kappa shape index (κ2) is 10.5. The van der Waals surface area contributed by atoms with Crippen LogP contribution in [0.2, 0.25) is 0 Å². The van der Waals surface area contributed by atoms with Crippen molar-refractivity contribution in [1.29, 1.82) is 0 Å². The molecule has 0 aliphatic heterocycles. The molecule has 2 aromatic rings. The van der Waals surface area contributed by atoms with Crippen LogP contribution < -0.4 is 4.74 Å². The fraction of sp³-hybridized carbons (Fsp3) is 0.583. The van der Waals surface area contributed by atoms with Gasteiger partial charge in [-0.1, -0.05) is 31.9 Å². The standard InChI is InChI=1S/C24H35N3O3/c1-5-9-18(2)26(3)24(28)29-17-23-22(16-25-27(23)4)19-12-14-21(15-13-19)30-20-10-7-6-8-11-20/h12-16,18,20H,5-11,17H2,1-4H3. The van der Waals surface area contributed by atoms with Gasteiger partial charge < -0.3 is 14.4 Å². The highest BCUT2D eigenvalue weighted by molar-refractivity contribution is 5.69. The molecular weight excluding hydrogens is 378 g/mol. The van der Waals surface area contributed by atoms with E-state index in [9.17, 15) is 4.79 Å². The summed E-state index contributed by atoms with van der Waals surface area (Å²) in [5.41, 5.74) is 2.89. The van der Waals surface area contributed by atoms with Crippen LogP contribution in [0.5, 0.6) is 5.75 Å². The lowest BCUT2D eigenvalue weighted by molar-refractivity contribution is 0.0902. The van der Waals surface area contributed by atoms with Gasteiger partial charge in [0.05, 0.1) is 18.0 Å². The Morgan fingerprint density at radius 3 is 2.60 bits per heavy atom. The number of benzene rings is 1. The van der Waals surface area contributed by atoms with Crippen LogP contribution in [-0.2, 0) is 18.4 Å². The quantitative estimate of drug-likeness (QED) is 0.569. The normalized spacial score (nSPS) is 15.6. The molecule has 1 aliphatic rings. The van der Waals surface area contributed by atoms with E-state index in [1.54, 1.807) is 16.6 Å². The Bertz CT molecular complexity index is 810. The number of hydrogen-bond donors (Lipinski definition) is 0. The summed E-state index contributed by atoms with van der Waals surface area (Å²) in [4.78, 5) is 14.1. The Morgan fingerprint density at radius 1 is 1.23 bits per heavy atom. The van der Waals surface area contributed by atoms with Gasteiger partial charge >= 0.3 is 6.09 Å². The summed E-state index contributed by atoms with van der Waals surface area (Å²) < 4.78 is 13.5. The Hall–Kier alpha value is -2.50. The summed E-state index contributed by atoms with van der Waals surface area (Å²) in [7, 11) is 3.66. The summed E-state index contributed by atoms with van der Waals surface area (Å²) in [6.45, 7) is 4.34. The Kier molecular flexibility index (Phi) is 7.77. The van der Waals surface area contributed by atoms with Crippen molar-refractivity contribution >= 4 is 6.09 Å². The third-order valence-electron chi connectivity index (χ3n) is 6.07. The fourth-order valence-electron chi connectivity index (χ4n) is 3.99. The Morgan fingerprint density at radius 2 is 1.93 bits per heavy atom. The monoisotopic (exact) mass is 413 g/mol. The first-order valence-electron chi connectivity index (χ1n) is 11.2. The van der Waals surface area contributed by atoms with E-state index < -0.39 is 0 Å². The molecule has 1 unspecified atom stereocenters. The number of hydrogen-bond acceptors (Lipinski definition) is 4. The van der Waals surface area contributed by atoms with E-state index in [1.807, 2.05) is 32.3 Å². The molecule has 0 saturated heterocycles. The lowest BCUT2D eigenvalue weighted by Gasteiger charge is -2.24. The number of carbonyl (C=O) groups is 1. The largest absolute Gasteiger partial charge is 0.490 e. The average Bonchev–Trinajstić information content (AvgIpc) is 3.13. The molecule has 164 valence electrons. The van der Waals surface area contributed by atoms with Crippen LogP contribution in [0.25, 0.3) is 11.1 Å². The molecule has 6 heteroatoms. The topological polar surface area (TPSA) is 56.6 Å². The number of nitrogens with zero attached hydrogens (tertiary/aromatic N) is 3. The van der Waals surface area contributed by atoms with Gasteiger partial charge in [0.1, 0.15) is 12.4 Å². The number of rotatable bonds is 8. The van der Waals surface area contributed by atoms with Crippen LogP contribution in [0.1, 0.15) is 64.5 Å². The van der Waals surface area contributed by atoms with Crippen LogP contribution in [0, 0.1) is 0 Å². The van der Waals surface area contributed by atoms with Gasteiger partial charge in [-0.25, -0.2) is 4.79 Å². The average molecular weight is 414 g/mol. The van der Waals surface area contributed by atoms with Gasteiger partial charge in [0.15, 0.2) is 0 Å². The molecule has 30 heavy (non-hydrogen) atoms. The molecule has 1 aromatic heterocycles. The third kappa shape index (κ3) is 5.55. The van der Waals surface area contributed by atoms with E-state index in [-0.39, 0.29) is 18.7 Å². The van der Waals surface area contributed by atoms with Gasteiger partial charge in [0.25, 0.3) is 0 Å². The maximum Gasteiger partial charge on any atom is 0.410 e. The summed E-state index contributed by atoms with van der Waals surface area (Å²) >= 11 is 0. The van der Waals surface area contributed by atoms with Gasteiger partial charge in [-0.15, -0.1) is 0 Å². The lowest BCUT2D eigenvalue weighted by atomic mass is 9.98. The van der Waals surface area contributed by atoms with Crippen molar-refractivity contribution in [2.45, 2.75) is 77.5 Å². The van der Waals surface area contributed by atoms with Crippen molar-refractivity contribution in [3.63, 3.8) is 0 Å². The zero-order chi connectivity index (χ0) is 21.5. The molecule has 1 fully saturated rings. The summed E-state index contributed by atoms with van der Waals surface area (Å²) in [5, 5.41) is 4.38. The maximum absolute atomic E-state index is 12.4. The highest BCUT2D eigenvalue weighted by Crippen LogP contribution is 2.28. The Labute approximate surface area is 180 Å². The van der Waals surface area contributed by atoms with Crippen LogP contribution in [0.4, 0.5) is 4.79 Å². The first-order chi connectivity index (χ1) is 14.5. The minimum Gasteiger partial charge on any atom is -0.490 e. The second-order valence-corrected chi connectivity index (χ2v) is 8.33. The smallest absolute Gasteiger partial charge is 0.410 e. The van der Waals surface area contributed by atoms with Gasteiger partial charge in [0, 0.05) is 25.7 Å². The molecule has 1 amide bonds. The minimum absolute atomic E-state index is 0.158. The molecule has 0 radical (unpaired) electrons. The fourth-order valence-corrected chi connectivity index (χ4v) is 3.99. The van der Waals surface area contributed by atoms with Crippen LogP contribution in [0.3, 0.4) is 0 Å². The summed E-state index contributed by atoms with van der Waals surface area (Å²) in [6.07, 6.45) is 9.97. The van der Waals surface area contributed by atoms with Gasteiger partial charge in [-0.05, 0) is 56.7 Å². The molecule has 1 aromatic carbocycles. The van der Waals surface area contributed by atoms with Gasteiger partial charge in [-0.3, -0.25) is 4.68 Å². The first-order valence-corrected chi connectivity index (χ1v) is 11.2. The van der Waals surface area contributed by atoms with Gasteiger partial charge in [0.2, 0.25) is 0 Å². The number of aryl methyl sites for hydroxylation is 1. The molecule has 6 nitrogen and oxygen atoms in total. The minimum atomic E-state index is -0.306.